The highest BCUT2D eigenvalue weighted by Gasteiger charge is 2.25. The summed E-state index contributed by atoms with van der Waals surface area (Å²) in [6.45, 7) is 6.17. The number of aryl methyl sites for hydroxylation is 1. The van der Waals surface area contributed by atoms with Gasteiger partial charge in [0.2, 0.25) is 10.0 Å². The molecule has 0 fully saturated rings. The lowest BCUT2D eigenvalue weighted by atomic mass is 10.1. The van der Waals surface area contributed by atoms with Gasteiger partial charge in [0, 0.05) is 13.6 Å². The van der Waals surface area contributed by atoms with Gasteiger partial charge in [0.25, 0.3) is 0 Å². The molecule has 0 amide bonds. The zero-order valence-electron chi connectivity index (χ0n) is 20.8. The average Bonchev–Trinajstić information content (AvgIpc) is 2.78. The summed E-state index contributed by atoms with van der Waals surface area (Å²) in [6, 6.07) is 1.45. The fraction of sp³-hybridized carbons (Fsp3) is 0.680. The fourth-order valence-corrected chi connectivity index (χ4v) is 5.74. The summed E-state index contributed by atoms with van der Waals surface area (Å²) in [6.07, 6.45) is 14.8. The van der Waals surface area contributed by atoms with Crippen molar-refractivity contribution in [2.75, 3.05) is 13.6 Å². The molecule has 7 nitrogen and oxygen atoms in total. The van der Waals surface area contributed by atoms with Crippen molar-refractivity contribution in [3.8, 4) is 0 Å². The average molecular weight is 480 g/mol. The molecule has 0 saturated carbocycles. The molecule has 1 aromatic carbocycles. The first-order valence-electron chi connectivity index (χ1n) is 12.4. The van der Waals surface area contributed by atoms with Crippen molar-refractivity contribution in [2.45, 2.75) is 103 Å². The van der Waals surface area contributed by atoms with Crippen molar-refractivity contribution >= 4 is 21.1 Å². The van der Waals surface area contributed by atoms with Crippen molar-refractivity contribution in [1.82, 2.24) is 14.3 Å². The summed E-state index contributed by atoms with van der Waals surface area (Å²) in [7, 11) is -2.10. The number of nitrogens with one attached hydrogen (secondary N) is 2. The Morgan fingerprint density at radius 2 is 1.24 bits per heavy atom. The molecular weight excluding hydrogens is 438 g/mol. The molecule has 2 aromatic rings. The lowest BCUT2D eigenvalue weighted by Crippen LogP contribution is -2.31. The first-order chi connectivity index (χ1) is 15.7. The van der Waals surface area contributed by atoms with E-state index >= 15 is 0 Å². The third kappa shape index (κ3) is 7.54. The topological polar surface area (TPSA) is 103 Å². The molecule has 1 aromatic heterocycles. The van der Waals surface area contributed by atoms with Crippen molar-refractivity contribution < 1.29 is 8.42 Å². The van der Waals surface area contributed by atoms with E-state index in [1.54, 1.807) is 20.9 Å². The molecular formula is C25H41N3O4S. The fourth-order valence-electron chi connectivity index (χ4n) is 4.23. The Hall–Kier alpha value is -1.93. The van der Waals surface area contributed by atoms with Gasteiger partial charge in [-0.05, 0) is 37.5 Å². The number of hydrogen-bond donors (Lipinski definition) is 2. The highest BCUT2D eigenvalue weighted by molar-refractivity contribution is 7.89. The van der Waals surface area contributed by atoms with Crippen LogP contribution in [0.2, 0.25) is 0 Å². The van der Waals surface area contributed by atoms with E-state index < -0.39 is 21.1 Å². The summed E-state index contributed by atoms with van der Waals surface area (Å²) in [5.41, 5.74) is 0.452. The Kier molecular flexibility index (Phi) is 10.8. The second-order valence-corrected chi connectivity index (χ2v) is 11.2. The molecule has 0 aliphatic heterocycles. The standard InChI is InChI=1S/C25H41N3O4S/c1-5-6-7-8-9-10-11-12-13-14-15-16-17-28(4)33(31,32)22-18-21-23(20(3)19(22)2)27-25(30)24(29)26-21/h18H,5-17H2,1-4H3,(H,26,29)(H,27,30). The molecule has 2 N–H and O–H groups in total. The smallest absolute Gasteiger partial charge is 0.314 e. The van der Waals surface area contributed by atoms with Gasteiger partial charge in [0.15, 0.2) is 0 Å². The maximum Gasteiger partial charge on any atom is 0.314 e. The van der Waals surface area contributed by atoms with E-state index in [1.165, 1.54) is 68.2 Å². The van der Waals surface area contributed by atoms with Crippen LogP contribution >= 0.6 is 0 Å². The third-order valence-corrected chi connectivity index (χ3v) is 8.54. The lowest BCUT2D eigenvalue weighted by Gasteiger charge is -2.20. The number of rotatable bonds is 15. The van der Waals surface area contributed by atoms with E-state index in [0.717, 1.165) is 19.3 Å². The monoisotopic (exact) mass is 479 g/mol. The minimum atomic E-state index is -3.70. The maximum absolute atomic E-state index is 13.2. The summed E-state index contributed by atoms with van der Waals surface area (Å²) in [5, 5.41) is 0. The van der Waals surface area contributed by atoms with Crippen LogP contribution in [0.4, 0.5) is 0 Å². The van der Waals surface area contributed by atoms with Gasteiger partial charge in [-0.2, -0.15) is 0 Å². The number of benzene rings is 1. The molecule has 0 saturated heterocycles. The Morgan fingerprint density at radius 1 is 0.758 bits per heavy atom. The summed E-state index contributed by atoms with van der Waals surface area (Å²) in [4.78, 5) is 28.6. The maximum atomic E-state index is 13.2. The Balaban J connectivity index is 1.84. The van der Waals surface area contributed by atoms with Gasteiger partial charge in [-0.25, -0.2) is 12.7 Å². The van der Waals surface area contributed by atoms with Crippen LogP contribution in [0, 0.1) is 13.8 Å². The van der Waals surface area contributed by atoms with Gasteiger partial charge < -0.3 is 9.97 Å². The molecule has 0 bridgehead atoms. The lowest BCUT2D eigenvalue weighted by molar-refractivity contribution is 0.447. The van der Waals surface area contributed by atoms with Gasteiger partial charge in [-0.3, -0.25) is 9.59 Å². The van der Waals surface area contributed by atoms with E-state index in [0.29, 0.717) is 28.7 Å². The largest absolute Gasteiger partial charge is 0.316 e. The van der Waals surface area contributed by atoms with Crippen molar-refractivity contribution in [2.24, 2.45) is 0 Å². The number of nitrogens with zero attached hydrogens (tertiary/aromatic N) is 1. The third-order valence-electron chi connectivity index (χ3n) is 6.56. The number of fused-ring (bicyclic) bond motifs is 1. The van der Waals surface area contributed by atoms with Crippen LogP contribution in [0.3, 0.4) is 0 Å². The van der Waals surface area contributed by atoms with E-state index in [9.17, 15) is 18.0 Å². The molecule has 33 heavy (non-hydrogen) atoms. The predicted octanol–water partition coefficient (Wildman–Crippen LogP) is 5.15. The molecule has 0 atom stereocenters. The van der Waals surface area contributed by atoms with Crippen LogP contribution in [0.5, 0.6) is 0 Å². The van der Waals surface area contributed by atoms with Crippen molar-refractivity contribution in [3.63, 3.8) is 0 Å². The van der Waals surface area contributed by atoms with Crippen LogP contribution < -0.4 is 11.1 Å². The number of unbranched alkanes of at least 4 members (excludes halogenated alkanes) is 11. The number of sulfonamides is 1. The van der Waals surface area contributed by atoms with Crippen LogP contribution in [-0.2, 0) is 10.0 Å². The zero-order valence-corrected chi connectivity index (χ0v) is 21.6. The van der Waals surface area contributed by atoms with E-state index in [2.05, 4.69) is 16.9 Å². The summed E-state index contributed by atoms with van der Waals surface area (Å²) >= 11 is 0. The van der Waals surface area contributed by atoms with E-state index in [-0.39, 0.29) is 4.90 Å². The Labute approximate surface area is 198 Å². The van der Waals surface area contributed by atoms with Crippen LogP contribution in [-0.4, -0.2) is 36.3 Å². The molecule has 0 aliphatic rings. The number of aromatic nitrogens is 2. The second kappa shape index (κ2) is 13.1. The van der Waals surface area contributed by atoms with Gasteiger partial charge >= 0.3 is 11.1 Å². The van der Waals surface area contributed by atoms with Gasteiger partial charge in [-0.15, -0.1) is 0 Å². The highest BCUT2D eigenvalue weighted by Crippen LogP contribution is 2.27. The molecule has 1 heterocycles. The number of aromatic amines is 2. The molecule has 0 radical (unpaired) electrons. The Morgan fingerprint density at radius 3 is 1.79 bits per heavy atom. The molecule has 0 spiro atoms. The van der Waals surface area contributed by atoms with Gasteiger partial charge in [0.05, 0.1) is 15.9 Å². The Bertz CT molecular complexity index is 1120. The first-order valence-corrected chi connectivity index (χ1v) is 13.9. The SMILES string of the molecule is CCCCCCCCCCCCCCN(C)S(=O)(=O)c1cc2[nH]c(=O)c(=O)[nH]c2c(C)c1C. The first kappa shape index (κ1) is 27.3. The van der Waals surface area contributed by atoms with E-state index in [4.69, 9.17) is 0 Å². The van der Waals surface area contributed by atoms with E-state index in [1.807, 2.05) is 0 Å². The van der Waals surface area contributed by atoms with Crippen molar-refractivity contribution in [1.29, 1.82) is 0 Å². The minimum absolute atomic E-state index is 0.164. The highest BCUT2D eigenvalue weighted by atomic mass is 32.2. The second-order valence-electron chi connectivity index (χ2n) is 9.17. The number of hydrogen-bond acceptors (Lipinski definition) is 4. The molecule has 2 rings (SSSR count). The normalized spacial score (nSPS) is 12.2. The molecule has 0 unspecified atom stereocenters. The minimum Gasteiger partial charge on any atom is -0.316 e. The van der Waals surface area contributed by atoms with Gasteiger partial charge in [-0.1, -0.05) is 77.6 Å². The van der Waals surface area contributed by atoms with Crippen LogP contribution in [0.1, 0.15) is 95.1 Å². The molecule has 8 heteroatoms. The predicted molar refractivity (Wildman–Crippen MR) is 136 cm³/mol. The summed E-state index contributed by atoms with van der Waals surface area (Å²) < 4.78 is 27.8. The quantitative estimate of drug-likeness (QED) is 0.272. The van der Waals surface area contributed by atoms with Gasteiger partial charge in [0.1, 0.15) is 0 Å². The van der Waals surface area contributed by atoms with Crippen molar-refractivity contribution in [3.05, 3.63) is 37.9 Å². The summed E-state index contributed by atoms with van der Waals surface area (Å²) in [5.74, 6) is 0. The van der Waals surface area contributed by atoms with Crippen LogP contribution in [0.25, 0.3) is 11.0 Å². The van der Waals surface area contributed by atoms with Crippen LogP contribution in [0.15, 0.2) is 20.6 Å². The number of H-pyrrole nitrogens is 2. The zero-order chi connectivity index (χ0) is 24.4. The molecule has 0 aliphatic carbocycles. The molecule has 186 valence electrons.